The summed E-state index contributed by atoms with van der Waals surface area (Å²) in [4.78, 5) is 22.4. The second kappa shape index (κ2) is 5.52. The average molecular weight is 276 g/mol. The fourth-order valence-corrected chi connectivity index (χ4v) is 3.14. The van der Waals surface area contributed by atoms with Crippen LogP contribution in [0.4, 0.5) is 5.82 Å². The minimum Gasteiger partial charge on any atom is -0.360 e. The lowest BCUT2D eigenvalue weighted by Crippen LogP contribution is -2.39. The molecule has 2 aromatic heterocycles. The maximum atomic E-state index is 12.1. The second-order valence-corrected chi connectivity index (χ2v) is 5.57. The van der Waals surface area contributed by atoms with Crippen LogP contribution in [-0.2, 0) is 4.79 Å². The van der Waals surface area contributed by atoms with Gasteiger partial charge in [0.25, 0.3) is 0 Å². The van der Waals surface area contributed by atoms with Crippen LogP contribution < -0.4 is 5.32 Å². The number of nitrogens with one attached hydrogen (secondary N) is 1. The van der Waals surface area contributed by atoms with E-state index >= 15 is 0 Å². The van der Waals surface area contributed by atoms with Crippen LogP contribution in [0.2, 0.25) is 0 Å². The Morgan fingerprint density at radius 2 is 2.16 bits per heavy atom. The highest BCUT2D eigenvalue weighted by Gasteiger charge is 2.16. The van der Waals surface area contributed by atoms with E-state index < -0.39 is 0 Å². The van der Waals surface area contributed by atoms with Gasteiger partial charge < -0.3 is 10.2 Å². The first-order chi connectivity index (χ1) is 9.34. The first-order valence-corrected chi connectivity index (χ1v) is 7.42. The molecule has 0 unspecified atom stereocenters. The number of likely N-dealkylation sites (tertiary alicyclic amines) is 1. The Bertz CT molecular complexity index is 577. The van der Waals surface area contributed by atoms with Crippen molar-refractivity contribution in [2.45, 2.75) is 19.3 Å². The number of fused-ring (bicyclic) bond motifs is 1. The van der Waals surface area contributed by atoms with E-state index in [9.17, 15) is 4.79 Å². The molecule has 100 valence electrons. The van der Waals surface area contributed by atoms with Crippen LogP contribution in [0.5, 0.6) is 0 Å². The monoisotopic (exact) mass is 276 g/mol. The molecule has 0 saturated carbocycles. The van der Waals surface area contributed by atoms with Crippen molar-refractivity contribution in [1.29, 1.82) is 0 Å². The summed E-state index contributed by atoms with van der Waals surface area (Å²) in [5, 5.41) is 5.12. The maximum Gasteiger partial charge on any atom is 0.241 e. The van der Waals surface area contributed by atoms with Gasteiger partial charge >= 0.3 is 0 Å². The molecule has 1 amide bonds. The van der Waals surface area contributed by atoms with Crippen molar-refractivity contribution in [2.24, 2.45) is 0 Å². The molecule has 0 aliphatic carbocycles. The van der Waals surface area contributed by atoms with Crippen molar-refractivity contribution in [3.63, 3.8) is 0 Å². The van der Waals surface area contributed by atoms with Gasteiger partial charge in [0.2, 0.25) is 5.91 Å². The van der Waals surface area contributed by atoms with Crippen LogP contribution in [0.3, 0.4) is 0 Å². The number of rotatable bonds is 3. The number of anilines is 1. The summed E-state index contributed by atoms with van der Waals surface area (Å²) in [5.41, 5.74) is 0.924. The zero-order chi connectivity index (χ0) is 13.1. The van der Waals surface area contributed by atoms with Crippen LogP contribution in [0.15, 0.2) is 17.8 Å². The largest absolute Gasteiger partial charge is 0.360 e. The minimum atomic E-state index is 0.156. The Morgan fingerprint density at radius 3 is 3.00 bits per heavy atom. The predicted octanol–water partition coefficient (Wildman–Crippen LogP) is 2.12. The molecule has 5 nitrogen and oxygen atoms in total. The molecular weight excluding hydrogens is 260 g/mol. The summed E-state index contributed by atoms with van der Waals surface area (Å²) in [6, 6.07) is 1.96. The number of thiophene rings is 1. The van der Waals surface area contributed by atoms with Gasteiger partial charge in [0.15, 0.2) is 0 Å². The summed E-state index contributed by atoms with van der Waals surface area (Å²) in [6.07, 6.45) is 5.00. The standard InChI is InChI=1S/C13H16N4OS/c18-11(17-5-2-1-3-6-17)8-14-13-12-10(4-7-19-12)15-9-16-13/h4,7,9H,1-3,5-6,8H2,(H,14,15,16). The smallest absolute Gasteiger partial charge is 0.241 e. The van der Waals surface area contributed by atoms with E-state index in [0.29, 0.717) is 6.54 Å². The van der Waals surface area contributed by atoms with E-state index in [4.69, 9.17) is 0 Å². The van der Waals surface area contributed by atoms with Crippen LogP contribution in [0.25, 0.3) is 10.2 Å². The van der Waals surface area contributed by atoms with Crippen molar-refractivity contribution in [3.8, 4) is 0 Å². The molecule has 6 heteroatoms. The topological polar surface area (TPSA) is 58.1 Å². The van der Waals surface area contributed by atoms with E-state index in [1.54, 1.807) is 11.3 Å². The summed E-state index contributed by atoms with van der Waals surface area (Å²) in [6.45, 7) is 2.08. The molecule has 1 aliphatic rings. The van der Waals surface area contributed by atoms with Crippen molar-refractivity contribution in [1.82, 2.24) is 14.9 Å². The fraction of sp³-hybridized carbons (Fsp3) is 0.462. The Hall–Kier alpha value is -1.69. The lowest BCUT2D eigenvalue weighted by molar-refractivity contribution is -0.130. The number of amides is 1. The summed E-state index contributed by atoms with van der Waals surface area (Å²) in [5.74, 6) is 0.911. The third kappa shape index (κ3) is 2.68. The molecule has 3 heterocycles. The molecule has 0 atom stereocenters. The lowest BCUT2D eigenvalue weighted by atomic mass is 10.1. The molecule has 0 aromatic carbocycles. The van der Waals surface area contributed by atoms with E-state index in [0.717, 1.165) is 42.0 Å². The molecular formula is C13H16N4OS. The molecule has 1 fully saturated rings. The third-order valence-corrected chi connectivity index (χ3v) is 4.27. The minimum absolute atomic E-state index is 0.156. The maximum absolute atomic E-state index is 12.1. The molecule has 1 saturated heterocycles. The van der Waals surface area contributed by atoms with Gasteiger partial charge in [0.05, 0.1) is 16.8 Å². The number of carbonyl (C=O) groups is 1. The highest BCUT2D eigenvalue weighted by atomic mass is 32.1. The average Bonchev–Trinajstić information content (AvgIpc) is 2.94. The van der Waals surface area contributed by atoms with Gasteiger partial charge in [0.1, 0.15) is 12.1 Å². The molecule has 2 aromatic rings. The molecule has 0 bridgehead atoms. The first-order valence-electron chi connectivity index (χ1n) is 6.54. The zero-order valence-electron chi connectivity index (χ0n) is 10.6. The quantitative estimate of drug-likeness (QED) is 0.933. The van der Waals surface area contributed by atoms with Crippen molar-refractivity contribution >= 4 is 33.3 Å². The molecule has 19 heavy (non-hydrogen) atoms. The number of hydrogen-bond acceptors (Lipinski definition) is 5. The van der Waals surface area contributed by atoms with Gasteiger partial charge in [-0.2, -0.15) is 0 Å². The molecule has 1 N–H and O–H groups in total. The van der Waals surface area contributed by atoms with Gasteiger partial charge in [-0.3, -0.25) is 4.79 Å². The van der Waals surface area contributed by atoms with Gasteiger partial charge in [-0.25, -0.2) is 9.97 Å². The lowest BCUT2D eigenvalue weighted by Gasteiger charge is -2.26. The highest BCUT2D eigenvalue weighted by molar-refractivity contribution is 7.17. The highest BCUT2D eigenvalue weighted by Crippen LogP contribution is 2.24. The molecule has 0 radical (unpaired) electrons. The zero-order valence-corrected chi connectivity index (χ0v) is 11.4. The number of hydrogen-bond donors (Lipinski definition) is 1. The third-order valence-electron chi connectivity index (χ3n) is 3.36. The Kier molecular flexibility index (Phi) is 3.59. The van der Waals surface area contributed by atoms with E-state index in [1.165, 1.54) is 12.7 Å². The number of piperidine rings is 1. The summed E-state index contributed by atoms with van der Waals surface area (Å²) in [7, 11) is 0. The van der Waals surface area contributed by atoms with Crippen LogP contribution in [-0.4, -0.2) is 40.4 Å². The van der Waals surface area contributed by atoms with E-state index in [-0.39, 0.29) is 5.91 Å². The summed E-state index contributed by atoms with van der Waals surface area (Å²) < 4.78 is 1.01. The second-order valence-electron chi connectivity index (χ2n) is 4.65. The van der Waals surface area contributed by atoms with Crippen molar-refractivity contribution in [3.05, 3.63) is 17.8 Å². The van der Waals surface area contributed by atoms with E-state index in [2.05, 4.69) is 15.3 Å². The normalized spacial score (nSPS) is 15.7. The van der Waals surface area contributed by atoms with Crippen LogP contribution >= 0.6 is 11.3 Å². The van der Waals surface area contributed by atoms with Crippen LogP contribution in [0, 0.1) is 0 Å². The molecule has 1 aliphatic heterocycles. The van der Waals surface area contributed by atoms with Crippen molar-refractivity contribution < 1.29 is 4.79 Å². The van der Waals surface area contributed by atoms with Gasteiger partial charge in [-0.15, -0.1) is 11.3 Å². The van der Waals surface area contributed by atoms with Gasteiger partial charge in [0, 0.05) is 13.1 Å². The first kappa shape index (κ1) is 12.3. The van der Waals surface area contributed by atoms with Crippen LogP contribution in [0.1, 0.15) is 19.3 Å². The Balaban J connectivity index is 1.65. The molecule has 0 spiro atoms. The van der Waals surface area contributed by atoms with E-state index in [1.807, 2.05) is 16.3 Å². The number of carbonyl (C=O) groups excluding carboxylic acids is 1. The Morgan fingerprint density at radius 1 is 1.32 bits per heavy atom. The fourth-order valence-electron chi connectivity index (χ4n) is 2.33. The SMILES string of the molecule is O=C(CNc1ncnc2ccsc12)N1CCCCC1. The number of nitrogens with zero attached hydrogens (tertiary/aromatic N) is 3. The van der Waals surface area contributed by atoms with Gasteiger partial charge in [-0.05, 0) is 30.7 Å². The summed E-state index contributed by atoms with van der Waals surface area (Å²) >= 11 is 1.59. The van der Waals surface area contributed by atoms with Crippen molar-refractivity contribution in [2.75, 3.05) is 25.0 Å². The van der Waals surface area contributed by atoms with Gasteiger partial charge in [-0.1, -0.05) is 0 Å². The Labute approximate surface area is 115 Å². The molecule has 3 rings (SSSR count). The predicted molar refractivity (Wildman–Crippen MR) is 76.3 cm³/mol. The number of aromatic nitrogens is 2.